The Kier molecular flexibility index (Phi) is 6.66. The number of halogens is 3. The Hall–Kier alpha value is -2.27. The summed E-state index contributed by atoms with van der Waals surface area (Å²) in [4.78, 5) is 2.53. The Balaban J connectivity index is 1.58. The van der Waals surface area contributed by atoms with Crippen molar-refractivity contribution in [2.75, 3.05) is 26.2 Å². The number of allylic oxidation sites excluding steroid dienone is 1. The van der Waals surface area contributed by atoms with Crippen molar-refractivity contribution in [2.45, 2.75) is 50.6 Å². The molecule has 32 heavy (non-hydrogen) atoms. The van der Waals surface area contributed by atoms with E-state index in [4.69, 9.17) is 0 Å². The third kappa shape index (κ3) is 4.59. The zero-order valence-corrected chi connectivity index (χ0v) is 18.8. The third-order valence-electron chi connectivity index (χ3n) is 7.23. The van der Waals surface area contributed by atoms with Crippen LogP contribution in [0.1, 0.15) is 50.2 Å². The van der Waals surface area contributed by atoms with Gasteiger partial charge >= 0.3 is 6.18 Å². The first-order chi connectivity index (χ1) is 15.3. The zero-order chi connectivity index (χ0) is 22.8. The number of nitrogens with one attached hydrogen (secondary N) is 1. The second-order valence-corrected chi connectivity index (χ2v) is 9.43. The van der Waals surface area contributed by atoms with E-state index in [1.165, 1.54) is 12.8 Å². The van der Waals surface area contributed by atoms with Gasteiger partial charge in [-0.3, -0.25) is 0 Å². The third-order valence-corrected chi connectivity index (χ3v) is 7.23. The molecular formula is C27H33F3N2. The molecule has 0 aromatic heterocycles. The van der Waals surface area contributed by atoms with Gasteiger partial charge in [-0.15, -0.1) is 0 Å². The van der Waals surface area contributed by atoms with Crippen molar-refractivity contribution in [3.63, 3.8) is 0 Å². The normalized spacial score (nSPS) is 18.2. The molecule has 1 fully saturated rings. The smallest absolute Gasteiger partial charge is 0.379 e. The number of alkyl halides is 3. The number of likely N-dealkylation sites (tertiary alicyclic amines) is 1. The maximum atomic E-state index is 13.1. The predicted molar refractivity (Wildman–Crippen MR) is 125 cm³/mol. The van der Waals surface area contributed by atoms with Crippen molar-refractivity contribution in [1.82, 2.24) is 10.2 Å². The van der Waals surface area contributed by atoms with Gasteiger partial charge in [-0.25, -0.2) is 0 Å². The number of unbranched alkanes of at least 4 members (excludes halogenated alkanes) is 1. The largest absolute Gasteiger partial charge is 0.405 e. The van der Waals surface area contributed by atoms with E-state index in [1.54, 1.807) is 0 Å². The minimum absolute atomic E-state index is 0.444. The van der Waals surface area contributed by atoms with Gasteiger partial charge in [-0.1, -0.05) is 68.5 Å². The summed E-state index contributed by atoms with van der Waals surface area (Å²) < 4.78 is 39.2. The van der Waals surface area contributed by atoms with Crippen LogP contribution < -0.4 is 5.32 Å². The van der Waals surface area contributed by atoms with Crippen LogP contribution in [0.25, 0.3) is 11.1 Å². The summed E-state index contributed by atoms with van der Waals surface area (Å²) in [6.45, 7) is 8.77. The molecule has 4 rings (SSSR count). The molecule has 2 nitrogen and oxygen atoms in total. The fourth-order valence-electron chi connectivity index (χ4n) is 5.44. The van der Waals surface area contributed by atoms with Crippen LogP contribution in [0.4, 0.5) is 13.2 Å². The van der Waals surface area contributed by atoms with Gasteiger partial charge in [0.25, 0.3) is 0 Å². The van der Waals surface area contributed by atoms with Gasteiger partial charge in [0.05, 0.1) is 5.41 Å². The number of piperidine rings is 1. The van der Waals surface area contributed by atoms with Crippen LogP contribution in [0.3, 0.4) is 0 Å². The minimum Gasteiger partial charge on any atom is -0.379 e. The maximum absolute atomic E-state index is 13.1. The molecule has 1 saturated heterocycles. The van der Waals surface area contributed by atoms with E-state index in [0.29, 0.717) is 5.70 Å². The molecule has 1 aliphatic carbocycles. The van der Waals surface area contributed by atoms with Gasteiger partial charge in [0.2, 0.25) is 0 Å². The molecule has 2 aromatic carbocycles. The molecule has 1 aliphatic heterocycles. The van der Waals surface area contributed by atoms with Crippen molar-refractivity contribution in [2.24, 2.45) is 5.92 Å². The molecule has 0 unspecified atom stereocenters. The number of rotatable bonds is 8. The molecule has 1 N–H and O–H groups in total. The van der Waals surface area contributed by atoms with Crippen molar-refractivity contribution < 1.29 is 13.2 Å². The Morgan fingerprint density at radius 1 is 1.00 bits per heavy atom. The Labute approximate surface area is 189 Å². The highest BCUT2D eigenvalue weighted by molar-refractivity contribution is 5.82. The second kappa shape index (κ2) is 9.30. The number of nitrogens with zero attached hydrogens (tertiary/aromatic N) is 1. The van der Waals surface area contributed by atoms with Gasteiger partial charge < -0.3 is 10.2 Å². The van der Waals surface area contributed by atoms with Gasteiger partial charge in [0, 0.05) is 5.70 Å². The quantitative estimate of drug-likeness (QED) is 0.468. The lowest BCUT2D eigenvalue weighted by atomic mass is 9.72. The van der Waals surface area contributed by atoms with Crippen LogP contribution in [-0.2, 0) is 5.41 Å². The van der Waals surface area contributed by atoms with Crippen LogP contribution in [0.2, 0.25) is 0 Å². The standard InChI is InChI=1S/C27H33F3N2/c1-20-13-17-32(18-14-20)16-8-7-15-26(21(2)31-19-27(28,29)30)24-11-5-3-9-22(24)23-10-4-6-12-25(23)26/h3-6,9-12,20,31H,2,7-8,13-19H2,1H3. The minimum atomic E-state index is -4.28. The molecule has 0 radical (unpaired) electrons. The molecule has 0 bridgehead atoms. The molecule has 0 saturated carbocycles. The summed E-state index contributed by atoms with van der Waals surface area (Å²) >= 11 is 0. The summed E-state index contributed by atoms with van der Waals surface area (Å²) in [7, 11) is 0. The summed E-state index contributed by atoms with van der Waals surface area (Å²) in [5.74, 6) is 0.809. The fourth-order valence-corrected chi connectivity index (χ4v) is 5.44. The van der Waals surface area contributed by atoms with Crippen molar-refractivity contribution in [3.8, 4) is 11.1 Å². The molecule has 1 heterocycles. The lowest BCUT2D eigenvalue weighted by Gasteiger charge is -2.36. The highest BCUT2D eigenvalue weighted by Gasteiger charge is 2.45. The Morgan fingerprint density at radius 3 is 2.12 bits per heavy atom. The van der Waals surface area contributed by atoms with Crippen LogP contribution in [0.5, 0.6) is 0 Å². The van der Waals surface area contributed by atoms with E-state index < -0.39 is 18.1 Å². The maximum Gasteiger partial charge on any atom is 0.405 e. The summed E-state index contributed by atoms with van der Waals surface area (Å²) in [6, 6.07) is 16.2. The lowest BCUT2D eigenvalue weighted by molar-refractivity contribution is -0.123. The second-order valence-electron chi connectivity index (χ2n) is 9.43. The SMILES string of the molecule is C=C(NCC(F)(F)F)C1(CCCCN2CCC(C)CC2)c2ccccc2-c2ccccc21. The number of hydrogen-bond donors (Lipinski definition) is 1. The summed E-state index contributed by atoms with van der Waals surface area (Å²) in [5, 5.41) is 2.65. The monoisotopic (exact) mass is 442 g/mol. The van der Waals surface area contributed by atoms with E-state index in [2.05, 4.69) is 48.0 Å². The number of hydrogen-bond acceptors (Lipinski definition) is 2. The number of benzene rings is 2. The van der Waals surface area contributed by atoms with E-state index >= 15 is 0 Å². The van der Waals surface area contributed by atoms with Gasteiger partial charge in [0.15, 0.2) is 0 Å². The predicted octanol–water partition coefficient (Wildman–Crippen LogP) is 6.52. The molecule has 5 heteroatoms. The van der Waals surface area contributed by atoms with Crippen LogP contribution >= 0.6 is 0 Å². The lowest BCUT2D eigenvalue weighted by Crippen LogP contribution is -2.39. The van der Waals surface area contributed by atoms with Crippen LogP contribution in [0, 0.1) is 5.92 Å². The van der Waals surface area contributed by atoms with E-state index in [1.807, 2.05) is 24.3 Å². The van der Waals surface area contributed by atoms with Crippen molar-refractivity contribution in [1.29, 1.82) is 0 Å². The molecule has 0 spiro atoms. The average Bonchev–Trinajstić information content (AvgIpc) is 3.07. The Bertz CT molecular complexity index is 896. The highest BCUT2D eigenvalue weighted by Crippen LogP contribution is 2.54. The average molecular weight is 443 g/mol. The molecule has 2 aromatic rings. The summed E-state index contributed by atoms with van der Waals surface area (Å²) in [5.41, 5.74) is 4.13. The van der Waals surface area contributed by atoms with Crippen molar-refractivity contribution in [3.05, 3.63) is 71.9 Å². The van der Waals surface area contributed by atoms with Gasteiger partial charge in [-0.2, -0.15) is 13.2 Å². The molecular weight excluding hydrogens is 409 g/mol. The van der Waals surface area contributed by atoms with Crippen LogP contribution in [0.15, 0.2) is 60.8 Å². The summed E-state index contributed by atoms with van der Waals surface area (Å²) in [6.07, 6.45) is 0.933. The molecule has 0 atom stereocenters. The first kappa shape index (κ1) is 22.9. The molecule has 172 valence electrons. The van der Waals surface area contributed by atoms with E-state index in [-0.39, 0.29) is 0 Å². The van der Waals surface area contributed by atoms with Crippen LogP contribution in [-0.4, -0.2) is 37.3 Å². The van der Waals surface area contributed by atoms with E-state index in [0.717, 1.165) is 67.1 Å². The van der Waals surface area contributed by atoms with E-state index in [9.17, 15) is 13.2 Å². The first-order valence-electron chi connectivity index (χ1n) is 11.7. The molecule has 2 aliphatic rings. The fraction of sp³-hybridized carbons (Fsp3) is 0.481. The topological polar surface area (TPSA) is 15.3 Å². The van der Waals surface area contributed by atoms with Gasteiger partial charge in [0.1, 0.15) is 6.54 Å². The first-order valence-corrected chi connectivity index (χ1v) is 11.7. The molecule has 0 amide bonds. The van der Waals surface area contributed by atoms with Crippen molar-refractivity contribution >= 4 is 0 Å². The number of fused-ring (bicyclic) bond motifs is 3. The zero-order valence-electron chi connectivity index (χ0n) is 18.8. The Morgan fingerprint density at radius 2 is 1.56 bits per heavy atom. The highest BCUT2D eigenvalue weighted by atomic mass is 19.4. The van der Waals surface area contributed by atoms with Gasteiger partial charge in [-0.05, 0) is 73.5 Å².